The largest absolute Gasteiger partial charge is 0.480 e. The normalized spacial score (nSPS) is 20.4. The fraction of sp³-hybridized carbons (Fsp3) is 0.857. The van der Waals surface area contributed by atoms with Crippen molar-refractivity contribution in [2.75, 3.05) is 0 Å². The number of hydrogen-bond acceptors (Lipinski definition) is 2. The van der Waals surface area contributed by atoms with Gasteiger partial charge in [0.05, 0.1) is 0 Å². The van der Waals surface area contributed by atoms with Crippen molar-refractivity contribution in [2.24, 2.45) is 10.8 Å². The molecule has 0 spiro atoms. The first kappa shape index (κ1) is 15.0. The van der Waals surface area contributed by atoms with E-state index in [4.69, 9.17) is 0 Å². The Hall–Kier alpha value is -1.06. The first-order chi connectivity index (χ1) is 8.14. The lowest BCUT2D eigenvalue weighted by Crippen LogP contribution is -2.47. The van der Waals surface area contributed by atoms with Crippen LogP contribution in [-0.2, 0) is 9.59 Å². The molecule has 0 saturated heterocycles. The molecular weight excluding hydrogens is 230 g/mol. The number of carbonyl (C=O) groups is 2. The minimum atomic E-state index is -0.930. The van der Waals surface area contributed by atoms with Gasteiger partial charge in [0.1, 0.15) is 6.04 Å². The molecule has 1 aliphatic rings. The van der Waals surface area contributed by atoms with Crippen LogP contribution in [0.5, 0.6) is 0 Å². The average Bonchev–Trinajstić information content (AvgIpc) is 2.62. The zero-order valence-corrected chi connectivity index (χ0v) is 11.9. The molecule has 0 bridgehead atoms. The highest BCUT2D eigenvalue weighted by atomic mass is 16.4. The van der Waals surface area contributed by atoms with Crippen LogP contribution in [-0.4, -0.2) is 23.0 Å². The second kappa shape index (κ2) is 5.29. The Balaban J connectivity index is 2.66. The van der Waals surface area contributed by atoms with E-state index in [-0.39, 0.29) is 11.3 Å². The van der Waals surface area contributed by atoms with Crippen LogP contribution in [0.3, 0.4) is 0 Å². The molecular formula is C14H25NO3. The third kappa shape index (κ3) is 4.00. The summed E-state index contributed by atoms with van der Waals surface area (Å²) < 4.78 is 0. The first-order valence-corrected chi connectivity index (χ1v) is 6.68. The second-order valence-electron chi connectivity index (χ2n) is 6.84. The molecule has 1 aliphatic carbocycles. The Morgan fingerprint density at radius 1 is 1.28 bits per heavy atom. The molecule has 1 atom stereocenters. The van der Waals surface area contributed by atoms with Gasteiger partial charge in [-0.15, -0.1) is 0 Å². The Labute approximate surface area is 109 Å². The van der Waals surface area contributed by atoms with Crippen molar-refractivity contribution in [2.45, 2.75) is 65.8 Å². The van der Waals surface area contributed by atoms with Gasteiger partial charge >= 0.3 is 5.97 Å². The molecule has 4 nitrogen and oxygen atoms in total. The highest BCUT2D eigenvalue weighted by molar-refractivity contribution is 5.86. The Morgan fingerprint density at radius 2 is 1.78 bits per heavy atom. The summed E-state index contributed by atoms with van der Waals surface area (Å²) in [5.74, 6) is -1.13. The van der Waals surface area contributed by atoms with Gasteiger partial charge in [0, 0.05) is 5.41 Å². The van der Waals surface area contributed by atoms with Crippen LogP contribution in [0.1, 0.15) is 59.8 Å². The van der Waals surface area contributed by atoms with E-state index >= 15 is 0 Å². The van der Waals surface area contributed by atoms with Crippen LogP contribution in [0, 0.1) is 10.8 Å². The van der Waals surface area contributed by atoms with E-state index in [9.17, 15) is 14.7 Å². The van der Waals surface area contributed by atoms with Gasteiger partial charge < -0.3 is 10.4 Å². The fourth-order valence-corrected chi connectivity index (χ4v) is 2.50. The third-order valence-corrected chi connectivity index (χ3v) is 3.79. The molecule has 4 heteroatoms. The number of aliphatic carboxylic acids is 1. The minimum Gasteiger partial charge on any atom is -0.480 e. The number of carboxylic acid groups (broad SMARTS) is 1. The lowest BCUT2D eigenvalue weighted by molar-refractivity contribution is -0.144. The molecule has 104 valence electrons. The Morgan fingerprint density at radius 3 is 2.17 bits per heavy atom. The van der Waals surface area contributed by atoms with Crippen LogP contribution < -0.4 is 5.32 Å². The maximum Gasteiger partial charge on any atom is 0.326 e. The quantitative estimate of drug-likeness (QED) is 0.811. The van der Waals surface area contributed by atoms with Crippen molar-refractivity contribution in [1.29, 1.82) is 0 Å². The number of nitrogens with one attached hydrogen (secondary N) is 1. The van der Waals surface area contributed by atoms with Gasteiger partial charge in [-0.05, 0) is 24.7 Å². The highest BCUT2D eigenvalue weighted by Gasteiger charge is 2.36. The van der Waals surface area contributed by atoms with Crippen molar-refractivity contribution in [3.63, 3.8) is 0 Å². The second-order valence-corrected chi connectivity index (χ2v) is 6.84. The molecule has 0 radical (unpaired) electrons. The first-order valence-electron chi connectivity index (χ1n) is 6.68. The van der Waals surface area contributed by atoms with Gasteiger partial charge in [0.25, 0.3) is 0 Å². The molecule has 0 heterocycles. The van der Waals surface area contributed by atoms with Crippen LogP contribution in [0.4, 0.5) is 0 Å². The summed E-state index contributed by atoms with van der Waals surface area (Å²) in [6.07, 6.45) is 4.97. The average molecular weight is 255 g/mol. The van der Waals surface area contributed by atoms with Crippen molar-refractivity contribution in [1.82, 2.24) is 5.32 Å². The van der Waals surface area contributed by atoms with Gasteiger partial charge in [0.2, 0.25) is 5.91 Å². The molecule has 1 amide bonds. The van der Waals surface area contributed by atoms with Gasteiger partial charge in [-0.25, -0.2) is 4.79 Å². The summed E-state index contributed by atoms with van der Waals surface area (Å²) in [5, 5.41) is 11.9. The fourth-order valence-electron chi connectivity index (χ4n) is 2.50. The van der Waals surface area contributed by atoms with E-state index in [1.165, 1.54) is 0 Å². The molecule has 2 N–H and O–H groups in total. The van der Waals surface area contributed by atoms with Crippen molar-refractivity contribution < 1.29 is 14.7 Å². The van der Waals surface area contributed by atoms with Crippen molar-refractivity contribution in [3.8, 4) is 0 Å². The van der Waals surface area contributed by atoms with Gasteiger partial charge in [0.15, 0.2) is 0 Å². The van der Waals surface area contributed by atoms with Crippen LogP contribution in [0.2, 0.25) is 0 Å². The van der Waals surface area contributed by atoms with Crippen LogP contribution >= 0.6 is 0 Å². The van der Waals surface area contributed by atoms with Gasteiger partial charge in [-0.3, -0.25) is 4.79 Å². The van der Waals surface area contributed by atoms with E-state index in [2.05, 4.69) is 12.2 Å². The molecule has 1 saturated carbocycles. The molecule has 1 unspecified atom stereocenters. The number of amides is 1. The number of rotatable bonds is 4. The van der Waals surface area contributed by atoms with E-state index in [1.54, 1.807) is 20.8 Å². The summed E-state index contributed by atoms with van der Waals surface area (Å²) >= 11 is 0. The summed E-state index contributed by atoms with van der Waals surface area (Å²) in [5.41, 5.74) is -0.488. The number of carbonyl (C=O) groups excluding carboxylic acids is 1. The number of hydrogen-bond donors (Lipinski definition) is 2. The molecule has 0 aromatic rings. The van der Waals surface area contributed by atoms with Crippen LogP contribution in [0.25, 0.3) is 0 Å². The predicted molar refractivity (Wildman–Crippen MR) is 70.2 cm³/mol. The maximum absolute atomic E-state index is 11.9. The zero-order valence-electron chi connectivity index (χ0n) is 11.9. The van der Waals surface area contributed by atoms with E-state index in [0.717, 1.165) is 25.7 Å². The summed E-state index contributed by atoms with van der Waals surface area (Å²) in [4.78, 5) is 23.2. The molecule has 0 aromatic heterocycles. The van der Waals surface area contributed by atoms with Crippen LogP contribution in [0.15, 0.2) is 0 Å². The molecule has 18 heavy (non-hydrogen) atoms. The smallest absolute Gasteiger partial charge is 0.326 e. The van der Waals surface area contributed by atoms with E-state index in [0.29, 0.717) is 6.42 Å². The molecule has 1 rings (SSSR count). The standard InChI is InChI=1S/C14H25NO3/c1-13(2,3)12(18)15-10(11(16)17)9-14(4)7-5-6-8-14/h10H,5-9H2,1-4H3,(H,15,18)(H,16,17). The van der Waals surface area contributed by atoms with Gasteiger partial charge in [-0.1, -0.05) is 40.5 Å². The Kier molecular flexibility index (Phi) is 4.41. The summed E-state index contributed by atoms with van der Waals surface area (Å²) in [6.45, 7) is 7.49. The highest BCUT2D eigenvalue weighted by Crippen LogP contribution is 2.41. The SMILES string of the molecule is CC1(CC(NC(=O)C(C)(C)C)C(=O)O)CCCC1. The maximum atomic E-state index is 11.9. The minimum absolute atomic E-state index is 0.0637. The zero-order chi connectivity index (χ0) is 14.0. The van der Waals surface area contributed by atoms with Crippen molar-refractivity contribution in [3.05, 3.63) is 0 Å². The lowest BCUT2D eigenvalue weighted by Gasteiger charge is -2.29. The van der Waals surface area contributed by atoms with E-state index in [1.807, 2.05) is 0 Å². The third-order valence-electron chi connectivity index (χ3n) is 3.79. The van der Waals surface area contributed by atoms with Gasteiger partial charge in [-0.2, -0.15) is 0 Å². The molecule has 0 aromatic carbocycles. The predicted octanol–water partition coefficient (Wildman–Crippen LogP) is 2.57. The monoisotopic (exact) mass is 255 g/mol. The lowest BCUT2D eigenvalue weighted by atomic mass is 9.81. The summed E-state index contributed by atoms with van der Waals surface area (Å²) in [7, 11) is 0. The van der Waals surface area contributed by atoms with Crippen molar-refractivity contribution >= 4 is 11.9 Å². The molecule has 1 fully saturated rings. The number of carboxylic acids is 1. The Bertz CT molecular complexity index is 324. The van der Waals surface area contributed by atoms with E-state index < -0.39 is 17.4 Å². The molecule has 0 aliphatic heterocycles. The topological polar surface area (TPSA) is 66.4 Å². The summed E-state index contributed by atoms with van der Waals surface area (Å²) in [6, 6.07) is -0.764.